The standard InChI is InChI=1S/C9H17BFNO3/c1-3-15-8(13)9(11)4-6-12(7-5-9)10(2)14/h14H,3-7H2,1-2H3. The number of piperidine rings is 1. The first-order chi connectivity index (χ1) is 6.99. The minimum absolute atomic E-state index is 0.0940. The number of hydrogen-bond acceptors (Lipinski definition) is 4. The Bertz CT molecular complexity index is 229. The number of esters is 1. The van der Waals surface area contributed by atoms with Crippen LogP contribution >= 0.6 is 0 Å². The molecular formula is C9H17BFNO3. The van der Waals surface area contributed by atoms with E-state index in [-0.39, 0.29) is 19.4 Å². The molecule has 15 heavy (non-hydrogen) atoms. The maximum atomic E-state index is 14.0. The van der Waals surface area contributed by atoms with Gasteiger partial charge in [-0.2, -0.15) is 0 Å². The maximum Gasteiger partial charge on any atom is 0.376 e. The quantitative estimate of drug-likeness (QED) is 0.551. The summed E-state index contributed by atoms with van der Waals surface area (Å²) < 4.78 is 18.7. The van der Waals surface area contributed by atoms with Gasteiger partial charge in [0.05, 0.1) is 6.61 Å². The zero-order valence-electron chi connectivity index (χ0n) is 9.20. The third-order valence-corrected chi connectivity index (χ3v) is 2.76. The van der Waals surface area contributed by atoms with Crippen LogP contribution in [0, 0.1) is 0 Å². The van der Waals surface area contributed by atoms with Gasteiger partial charge in [0.25, 0.3) is 0 Å². The average Bonchev–Trinajstić information content (AvgIpc) is 2.18. The number of carbonyl (C=O) groups excluding carboxylic acids is 1. The minimum atomic E-state index is -1.86. The van der Waals surface area contributed by atoms with Gasteiger partial charge in [-0.1, -0.05) is 0 Å². The summed E-state index contributed by atoms with van der Waals surface area (Å²) in [4.78, 5) is 13.1. The number of carbonyl (C=O) groups is 1. The smallest absolute Gasteiger partial charge is 0.376 e. The Kier molecular flexibility index (Phi) is 4.10. The summed E-state index contributed by atoms with van der Waals surface area (Å²) in [5, 5.41) is 9.28. The summed E-state index contributed by atoms with van der Waals surface area (Å²) >= 11 is 0. The molecule has 0 radical (unpaired) electrons. The van der Waals surface area contributed by atoms with Crippen molar-refractivity contribution in [3.8, 4) is 0 Å². The lowest BCUT2D eigenvalue weighted by Crippen LogP contribution is -2.51. The highest BCUT2D eigenvalue weighted by Gasteiger charge is 2.43. The molecule has 1 saturated heterocycles. The molecule has 0 aromatic heterocycles. The molecule has 0 aromatic carbocycles. The first-order valence-corrected chi connectivity index (χ1v) is 5.28. The van der Waals surface area contributed by atoms with Gasteiger partial charge in [-0.25, -0.2) is 9.18 Å². The van der Waals surface area contributed by atoms with Crippen molar-refractivity contribution in [1.29, 1.82) is 0 Å². The van der Waals surface area contributed by atoms with Crippen LogP contribution in [0.1, 0.15) is 19.8 Å². The Morgan fingerprint density at radius 1 is 1.60 bits per heavy atom. The molecule has 0 spiro atoms. The summed E-state index contributed by atoms with van der Waals surface area (Å²) in [6.45, 7) is 4.26. The van der Waals surface area contributed by atoms with E-state index in [1.165, 1.54) is 0 Å². The second kappa shape index (κ2) is 4.94. The Balaban J connectivity index is 2.50. The molecule has 0 atom stereocenters. The number of halogens is 1. The van der Waals surface area contributed by atoms with Crippen molar-refractivity contribution in [2.75, 3.05) is 19.7 Å². The third-order valence-electron chi connectivity index (χ3n) is 2.76. The summed E-state index contributed by atoms with van der Waals surface area (Å²) in [6, 6.07) is 0. The van der Waals surface area contributed by atoms with E-state index in [4.69, 9.17) is 0 Å². The molecule has 0 aromatic rings. The highest BCUT2D eigenvalue weighted by atomic mass is 19.1. The summed E-state index contributed by atoms with van der Waals surface area (Å²) in [5.41, 5.74) is -1.86. The SMILES string of the molecule is CCOC(=O)C1(F)CCN(B(C)O)CC1. The summed E-state index contributed by atoms with van der Waals surface area (Å²) in [7, 11) is -0.586. The van der Waals surface area contributed by atoms with E-state index < -0.39 is 18.7 Å². The van der Waals surface area contributed by atoms with Gasteiger partial charge in [-0.05, 0) is 26.8 Å². The highest BCUT2D eigenvalue weighted by molar-refractivity contribution is 6.45. The average molecular weight is 217 g/mol. The van der Waals surface area contributed by atoms with Crippen LogP contribution in [0.2, 0.25) is 6.82 Å². The zero-order chi connectivity index (χ0) is 11.5. The molecule has 4 nitrogen and oxygen atoms in total. The van der Waals surface area contributed by atoms with E-state index in [1.54, 1.807) is 18.6 Å². The number of ether oxygens (including phenoxy) is 1. The van der Waals surface area contributed by atoms with E-state index in [0.29, 0.717) is 13.1 Å². The van der Waals surface area contributed by atoms with Gasteiger partial charge in [0.15, 0.2) is 0 Å². The second-order valence-corrected chi connectivity index (χ2v) is 3.85. The number of hydrogen-bond donors (Lipinski definition) is 1. The van der Waals surface area contributed by atoms with E-state index in [1.807, 2.05) is 0 Å². The van der Waals surface area contributed by atoms with Crippen LogP contribution in [0.25, 0.3) is 0 Å². The molecule has 86 valence electrons. The predicted molar refractivity (Wildman–Crippen MR) is 55.1 cm³/mol. The van der Waals surface area contributed by atoms with Gasteiger partial charge < -0.3 is 14.6 Å². The van der Waals surface area contributed by atoms with Crippen molar-refractivity contribution in [2.24, 2.45) is 0 Å². The Hall–Kier alpha value is -0.615. The number of rotatable bonds is 3. The van der Waals surface area contributed by atoms with Crippen molar-refractivity contribution < 1.29 is 18.9 Å². The Morgan fingerprint density at radius 3 is 2.53 bits per heavy atom. The predicted octanol–water partition coefficient (Wildman–Crippen LogP) is 0.464. The molecule has 0 saturated carbocycles. The first-order valence-electron chi connectivity index (χ1n) is 5.28. The molecule has 1 heterocycles. The second-order valence-electron chi connectivity index (χ2n) is 3.85. The van der Waals surface area contributed by atoms with Crippen LogP contribution in [-0.2, 0) is 9.53 Å². The molecule has 1 fully saturated rings. The fourth-order valence-corrected chi connectivity index (χ4v) is 1.72. The molecular weight excluding hydrogens is 200 g/mol. The molecule has 0 aliphatic carbocycles. The lowest BCUT2D eigenvalue weighted by molar-refractivity contribution is -0.160. The summed E-state index contributed by atoms with van der Waals surface area (Å²) in [6.07, 6.45) is 0.188. The van der Waals surface area contributed by atoms with Crippen LogP contribution in [0.15, 0.2) is 0 Å². The first kappa shape index (κ1) is 12.5. The van der Waals surface area contributed by atoms with Crippen molar-refractivity contribution >= 4 is 13.0 Å². The van der Waals surface area contributed by atoms with E-state index in [2.05, 4.69) is 4.74 Å². The van der Waals surface area contributed by atoms with Gasteiger partial charge in [-0.15, -0.1) is 0 Å². The molecule has 0 bridgehead atoms. The molecule has 0 amide bonds. The van der Waals surface area contributed by atoms with Gasteiger partial charge in [0.1, 0.15) is 0 Å². The fourth-order valence-electron chi connectivity index (χ4n) is 1.72. The number of nitrogens with zero attached hydrogens (tertiary/aromatic N) is 1. The Morgan fingerprint density at radius 2 is 2.13 bits per heavy atom. The molecule has 6 heteroatoms. The van der Waals surface area contributed by atoms with Gasteiger partial charge in [0, 0.05) is 12.8 Å². The van der Waals surface area contributed by atoms with E-state index >= 15 is 0 Å². The largest absolute Gasteiger partial charge is 0.464 e. The molecule has 1 aliphatic heterocycles. The molecule has 1 N–H and O–H groups in total. The lowest BCUT2D eigenvalue weighted by atomic mass is 9.80. The topological polar surface area (TPSA) is 49.8 Å². The summed E-state index contributed by atoms with van der Waals surface area (Å²) in [5.74, 6) is -0.768. The third kappa shape index (κ3) is 2.92. The van der Waals surface area contributed by atoms with Gasteiger partial charge >= 0.3 is 13.0 Å². The van der Waals surface area contributed by atoms with Gasteiger partial charge in [-0.3, -0.25) is 0 Å². The molecule has 1 rings (SSSR count). The molecule has 0 unspecified atom stereocenters. The van der Waals surface area contributed by atoms with Crippen LogP contribution < -0.4 is 0 Å². The van der Waals surface area contributed by atoms with E-state index in [0.717, 1.165) is 0 Å². The lowest BCUT2D eigenvalue weighted by Gasteiger charge is -2.35. The minimum Gasteiger partial charge on any atom is -0.464 e. The zero-order valence-corrected chi connectivity index (χ0v) is 9.20. The van der Waals surface area contributed by atoms with Crippen LogP contribution in [0.5, 0.6) is 0 Å². The van der Waals surface area contributed by atoms with Crippen molar-refractivity contribution in [3.05, 3.63) is 0 Å². The normalized spacial score (nSPS) is 21.1. The monoisotopic (exact) mass is 217 g/mol. The van der Waals surface area contributed by atoms with Crippen molar-refractivity contribution in [2.45, 2.75) is 32.3 Å². The highest BCUT2D eigenvalue weighted by Crippen LogP contribution is 2.28. The Labute approximate surface area is 89.5 Å². The number of alkyl halides is 1. The van der Waals surface area contributed by atoms with Crippen LogP contribution in [0.4, 0.5) is 4.39 Å². The van der Waals surface area contributed by atoms with Crippen LogP contribution in [-0.4, -0.2) is 48.2 Å². The molecule has 1 aliphatic rings. The van der Waals surface area contributed by atoms with Crippen molar-refractivity contribution in [3.63, 3.8) is 0 Å². The van der Waals surface area contributed by atoms with Crippen molar-refractivity contribution in [1.82, 2.24) is 4.81 Å². The van der Waals surface area contributed by atoms with E-state index in [9.17, 15) is 14.2 Å². The van der Waals surface area contributed by atoms with Crippen LogP contribution in [0.3, 0.4) is 0 Å². The maximum absolute atomic E-state index is 14.0. The fraction of sp³-hybridized carbons (Fsp3) is 0.889. The van der Waals surface area contributed by atoms with Gasteiger partial charge in [0.2, 0.25) is 5.67 Å².